The van der Waals surface area contributed by atoms with Crippen molar-refractivity contribution in [3.63, 3.8) is 0 Å². The fraction of sp³-hybridized carbons (Fsp3) is 0.857. The van der Waals surface area contributed by atoms with Gasteiger partial charge in [-0.25, -0.2) is 0 Å². The fourth-order valence-electron chi connectivity index (χ4n) is 0.827. The summed E-state index contributed by atoms with van der Waals surface area (Å²) in [6, 6.07) is 0. The van der Waals surface area contributed by atoms with Crippen LogP contribution in [0.1, 0.15) is 55.4 Å². The van der Waals surface area contributed by atoms with E-state index in [0.29, 0.717) is 0 Å². The van der Waals surface area contributed by atoms with Crippen molar-refractivity contribution in [3.8, 4) is 0 Å². The average molecular weight is 340 g/mol. The van der Waals surface area contributed by atoms with Gasteiger partial charge in [-0.1, -0.05) is 6.92 Å². The Bertz CT molecular complexity index is 266. The second kappa shape index (κ2) is 12.3. The van der Waals surface area contributed by atoms with Crippen LogP contribution in [0.25, 0.3) is 0 Å². The standard InChI is InChI=1S/C5H8O3.3C3H7O.Ti/c1-3(4(2)6)5(7)8;3*1-3(2)4;/h3H,1-2H3,(H,7,8);3*3H,1-2H3;/q;3*-1;+4/p-1. The zero-order valence-corrected chi connectivity index (χ0v) is 15.8. The minimum absolute atomic E-state index is 0.187. The molecular formula is C14H28O6Ti. The van der Waals surface area contributed by atoms with Crippen LogP contribution in [0, 0.1) is 5.92 Å². The molecule has 0 aromatic rings. The van der Waals surface area contributed by atoms with Gasteiger partial charge in [0.05, 0.1) is 11.9 Å². The molecule has 0 aliphatic carbocycles. The Balaban J connectivity index is 0. The first-order valence-electron chi connectivity index (χ1n) is 7.05. The molecule has 0 radical (unpaired) electrons. The number of aliphatic carboxylic acids is 1. The van der Waals surface area contributed by atoms with E-state index in [1.165, 1.54) is 13.8 Å². The SMILES string of the molecule is CC(=O)C(C)C(=O)[O-].CC(C)[O][Ti+]([O]C(C)C)[O]C(C)C. The molecule has 21 heavy (non-hydrogen) atoms. The first-order valence-corrected chi connectivity index (χ1v) is 8.96. The Morgan fingerprint density at radius 2 is 1.10 bits per heavy atom. The van der Waals surface area contributed by atoms with E-state index >= 15 is 0 Å². The van der Waals surface area contributed by atoms with Crippen molar-refractivity contribution < 1.29 is 43.7 Å². The van der Waals surface area contributed by atoms with Crippen LogP contribution in [0.15, 0.2) is 0 Å². The Morgan fingerprint density at radius 3 is 1.19 bits per heavy atom. The number of carbonyl (C=O) groups excluding carboxylic acids is 2. The summed E-state index contributed by atoms with van der Waals surface area (Å²) in [5, 5.41) is 9.81. The Morgan fingerprint density at radius 1 is 0.810 bits per heavy atom. The third kappa shape index (κ3) is 15.9. The quantitative estimate of drug-likeness (QED) is 0.493. The monoisotopic (exact) mass is 340 g/mol. The normalized spacial score (nSPS) is 12.1. The van der Waals surface area contributed by atoms with Gasteiger partial charge in [0.25, 0.3) is 0 Å². The first-order chi connectivity index (χ1) is 9.47. The van der Waals surface area contributed by atoms with Gasteiger partial charge in [0.1, 0.15) is 5.78 Å². The van der Waals surface area contributed by atoms with Crippen LogP contribution in [-0.2, 0) is 38.6 Å². The molecule has 0 bridgehead atoms. The number of rotatable bonds is 8. The number of hydrogen-bond donors (Lipinski definition) is 0. The minimum atomic E-state index is -2.18. The van der Waals surface area contributed by atoms with Crippen LogP contribution in [-0.4, -0.2) is 30.1 Å². The third-order valence-corrected chi connectivity index (χ3v) is 5.07. The molecule has 6 nitrogen and oxygen atoms in total. The van der Waals surface area contributed by atoms with Crippen molar-refractivity contribution in [3.05, 3.63) is 0 Å². The van der Waals surface area contributed by atoms with Gasteiger partial charge in [0.15, 0.2) is 0 Å². The van der Waals surface area contributed by atoms with E-state index in [1.54, 1.807) is 0 Å². The van der Waals surface area contributed by atoms with Crippen molar-refractivity contribution in [2.24, 2.45) is 5.92 Å². The van der Waals surface area contributed by atoms with Gasteiger partial charge in [-0.2, -0.15) is 0 Å². The summed E-state index contributed by atoms with van der Waals surface area (Å²) in [5.41, 5.74) is 0. The summed E-state index contributed by atoms with van der Waals surface area (Å²) < 4.78 is 16.8. The molecule has 0 spiro atoms. The molecule has 0 heterocycles. The number of carbonyl (C=O) groups is 2. The molecule has 0 amide bonds. The topological polar surface area (TPSA) is 84.9 Å². The molecular weight excluding hydrogens is 312 g/mol. The van der Waals surface area contributed by atoms with Gasteiger partial charge in [0.2, 0.25) is 0 Å². The van der Waals surface area contributed by atoms with Crippen molar-refractivity contribution in [2.45, 2.75) is 73.7 Å². The summed E-state index contributed by atoms with van der Waals surface area (Å²) in [6.45, 7) is 14.5. The van der Waals surface area contributed by atoms with Gasteiger partial charge in [-0.3, -0.25) is 4.79 Å². The van der Waals surface area contributed by atoms with Gasteiger partial charge in [0, 0.05) is 0 Å². The van der Waals surface area contributed by atoms with E-state index in [2.05, 4.69) is 0 Å². The zero-order chi connectivity index (χ0) is 17.2. The van der Waals surface area contributed by atoms with E-state index in [-0.39, 0.29) is 24.1 Å². The summed E-state index contributed by atoms with van der Waals surface area (Å²) in [6.07, 6.45) is 0.562. The Labute approximate surface area is 135 Å². The summed E-state index contributed by atoms with van der Waals surface area (Å²) in [5.74, 6) is -2.64. The number of carboxylic acids is 1. The predicted molar refractivity (Wildman–Crippen MR) is 73.5 cm³/mol. The van der Waals surface area contributed by atoms with Crippen LogP contribution in [0.4, 0.5) is 0 Å². The summed E-state index contributed by atoms with van der Waals surface area (Å²) in [4.78, 5) is 20.0. The van der Waals surface area contributed by atoms with Gasteiger partial charge in [-0.05, 0) is 6.92 Å². The molecule has 0 fully saturated rings. The van der Waals surface area contributed by atoms with Gasteiger partial charge >= 0.3 is 88.8 Å². The van der Waals surface area contributed by atoms with Crippen molar-refractivity contribution in [2.75, 3.05) is 0 Å². The number of hydrogen-bond acceptors (Lipinski definition) is 6. The van der Waals surface area contributed by atoms with Crippen LogP contribution in [0.2, 0.25) is 0 Å². The van der Waals surface area contributed by atoms with Crippen LogP contribution < -0.4 is 5.11 Å². The first kappa shape index (κ1) is 23.0. The third-order valence-electron chi connectivity index (χ3n) is 1.96. The maximum atomic E-state index is 10.2. The van der Waals surface area contributed by atoms with E-state index in [0.717, 1.165) is 0 Å². The molecule has 0 N–H and O–H groups in total. The zero-order valence-electron chi connectivity index (χ0n) is 14.3. The van der Waals surface area contributed by atoms with Gasteiger partial charge in [-0.15, -0.1) is 0 Å². The fourth-order valence-corrected chi connectivity index (χ4v) is 2.89. The molecule has 0 rings (SSSR count). The van der Waals surface area contributed by atoms with Crippen LogP contribution in [0.5, 0.6) is 0 Å². The van der Waals surface area contributed by atoms with Crippen molar-refractivity contribution in [1.29, 1.82) is 0 Å². The average Bonchev–Trinajstić information content (AvgIpc) is 2.25. The molecule has 7 heteroatoms. The molecule has 0 aromatic heterocycles. The molecule has 0 aliphatic rings. The molecule has 0 aromatic carbocycles. The van der Waals surface area contributed by atoms with E-state index in [9.17, 15) is 14.7 Å². The van der Waals surface area contributed by atoms with Crippen LogP contribution >= 0.6 is 0 Å². The molecule has 1 atom stereocenters. The number of Topliss-reactive ketones (excluding diaryl/α,β-unsaturated/α-hetero) is 1. The second-order valence-electron chi connectivity index (χ2n) is 5.40. The maximum absolute atomic E-state index is 10.2. The molecule has 0 aliphatic heterocycles. The molecule has 1 unspecified atom stereocenters. The summed E-state index contributed by atoms with van der Waals surface area (Å²) >= 11 is -2.18. The Hall–Kier alpha value is -0.266. The predicted octanol–water partition coefficient (Wildman–Crippen LogP) is 1.59. The van der Waals surface area contributed by atoms with Crippen LogP contribution in [0.3, 0.4) is 0 Å². The van der Waals surface area contributed by atoms with E-state index in [1.807, 2.05) is 41.5 Å². The van der Waals surface area contributed by atoms with E-state index in [4.69, 9.17) is 9.96 Å². The molecule has 0 saturated heterocycles. The Kier molecular flexibility index (Phi) is 13.5. The second-order valence-corrected chi connectivity index (χ2v) is 7.29. The number of ketones is 1. The molecule has 0 saturated carbocycles. The number of carboxylic acid groups (broad SMARTS) is 1. The molecule has 124 valence electrons. The van der Waals surface area contributed by atoms with Gasteiger partial charge < -0.3 is 9.90 Å². The van der Waals surface area contributed by atoms with Crippen molar-refractivity contribution >= 4 is 11.8 Å². The van der Waals surface area contributed by atoms with E-state index < -0.39 is 30.9 Å². The summed E-state index contributed by atoms with van der Waals surface area (Å²) in [7, 11) is 0. The van der Waals surface area contributed by atoms with Crippen molar-refractivity contribution in [1.82, 2.24) is 0 Å².